The smallest absolute Gasteiger partial charge is 0.178 e. The Morgan fingerprint density at radius 2 is 1.39 bits per heavy atom. The van der Waals surface area contributed by atoms with Crippen molar-refractivity contribution in [1.29, 1.82) is 0 Å². The van der Waals surface area contributed by atoms with Gasteiger partial charge in [-0.2, -0.15) is 11.8 Å². The van der Waals surface area contributed by atoms with E-state index in [9.17, 15) is 9.59 Å². The first-order valence-corrected chi connectivity index (χ1v) is 9.01. The molecule has 1 fully saturated rings. The Labute approximate surface area is 139 Å². The van der Waals surface area contributed by atoms with Crippen molar-refractivity contribution < 1.29 is 9.59 Å². The highest BCUT2D eigenvalue weighted by atomic mass is 32.2. The van der Waals surface area contributed by atoms with Crippen LogP contribution in [0.5, 0.6) is 0 Å². The van der Waals surface area contributed by atoms with Crippen LogP contribution >= 0.6 is 11.8 Å². The van der Waals surface area contributed by atoms with E-state index >= 15 is 0 Å². The third-order valence-corrected chi connectivity index (χ3v) is 5.53. The van der Waals surface area contributed by atoms with Crippen LogP contribution in [0.25, 0.3) is 0 Å². The Bertz CT molecular complexity index is 728. The van der Waals surface area contributed by atoms with Gasteiger partial charge in [-0.1, -0.05) is 36.4 Å². The fraction of sp³-hybridized carbons (Fsp3) is 0.263. The molecule has 1 aliphatic carbocycles. The SMILES string of the molecule is O=C1c2ccccc2C(=O)C1c1ccc(N2CCSCC2)cc1. The van der Waals surface area contributed by atoms with Gasteiger partial charge in [-0.15, -0.1) is 0 Å². The summed E-state index contributed by atoms with van der Waals surface area (Å²) < 4.78 is 0. The molecule has 1 saturated heterocycles. The highest BCUT2D eigenvalue weighted by Gasteiger charge is 2.39. The van der Waals surface area contributed by atoms with Gasteiger partial charge in [0.05, 0.1) is 0 Å². The van der Waals surface area contributed by atoms with Gasteiger partial charge < -0.3 is 4.90 Å². The zero-order valence-corrected chi connectivity index (χ0v) is 13.5. The largest absolute Gasteiger partial charge is 0.370 e. The zero-order valence-electron chi connectivity index (χ0n) is 12.7. The van der Waals surface area contributed by atoms with Gasteiger partial charge in [0.25, 0.3) is 0 Å². The summed E-state index contributed by atoms with van der Waals surface area (Å²) in [6.45, 7) is 2.10. The van der Waals surface area contributed by atoms with Crippen LogP contribution in [0.1, 0.15) is 32.2 Å². The number of carbonyl (C=O) groups is 2. The molecule has 1 aliphatic heterocycles. The predicted octanol–water partition coefficient (Wildman–Crippen LogP) is 3.40. The molecule has 4 rings (SSSR count). The highest BCUT2D eigenvalue weighted by Crippen LogP contribution is 2.34. The van der Waals surface area contributed by atoms with Crippen molar-refractivity contribution in [1.82, 2.24) is 0 Å². The van der Waals surface area contributed by atoms with Gasteiger partial charge in [0.2, 0.25) is 0 Å². The molecule has 0 atom stereocenters. The summed E-state index contributed by atoms with van der Waals surface area (Å²) in [6.07, 6.45) is 0. The quantitative estimate of drug-likeness (QED) is 0.794. The molecule has 2 aromatic carbocycles. The van der Waals surface area contributed by atoms with Crippen molar-refractivity contribution in [3.8, 4) is 0 Å². The van der Waals surface area contributed by atoms with Gasteiger partial charge in [-0.25, -0.2) is 0 Å². The molecule has 0 aromatic heterocycles. The Morgan fingerprint density at radius 3 is 1.96 bits per heavy atom. The third kappa shape index (κ3) is 2.47. The Morgan fingerprint density at radius 1 is 0.826 bits per heavy atom. The fourth-order valence-electron chi connectivity index (χ4n) is 3.34. The molecule has 2 aromatic rings. The second kappa shape index (κ2) is 5.85. The molecular formula is C19H17NO2S. The molecular weight excluding hydrogens is 306 g/mol. The Hall–Kier alpha value is -2.07. The van der Waals surface area contributed by atoms with Gasteiger partial charge in [0.15, 0.2) is 11.6 Å². The van der Waals surface area contributed by atoms with Gasteiger partial charge in [0.1, 0.15) is 5.92 Å². The summed E-state index contributed by atoms with van der Waals surface area (Å²) in [6, 6.07) is 15.1. The summed E-state index contributed by atoms with van der Waals surface area (Å²) in [5.41, 5.74) is 3.08. The van der Waals surface area contributed by atoms with Crippen molar-refractivity contribution in [2.75, 3.05) is 29.5 Å². The van der Waals surface area contributed by atoms with E-state index in [4.69, 9.17) is 0 Å². The minimum atomic E-state index is -0.668. The highest BCUT2D eigenvalue weighted by molar-refractivity contribution is 7.99. The van der Waals surface area contributed by atoms with E-state index in [0.717, 1.165) is 30.2 Å². The van der Waals surface area contributed by atoms with Gasteiger partial charge in [0, 0.05) is 41.4 Å². The lowest BCUT2D eigenvalue weighted by molar-refractivity contribution is 0.0890. The lowest BCUT2D eigenvalue weighted by Gasteiger charge is -2.28. The molecule has 0 N–H and O–H groups in total. The lowest BCUT2D eigenvalue weighted by atomic mass is 9.94. The number of anilines is 1. The van der Waals surface area contributed by atoms with Gasteiger partial charge in [-0.05, 0) is 17.7 Å². The molecule has 2 aliphatic rings. The van der Waals surface area contributed by atoms with Gasteiger partial charge >= 0.3 is 0 Å². The summed E-state index contributed by atoms with van der Waals surface area (Å²) >= 11 is 1.98. The number of hydrogen-bond donors (Lipinski definition) is 0. The van der Waals surface area contributed by atoms with Crippen molar-refractivity contribution in [3.05, 3.63) is 65.2 Å². The monoisotopic (exact) mass is 323 g/mol. The van der Waals surface area contributed by atoms with Crippen molar-refractivity contribution in [3.63, 3.8) is 0 Å². The van der Waals surface area contributed by atoms with E-state index in [1.807, 2.05) is 48.2 Å². The minimum Gasteiger partial charge on any atom is -0.370 e. The second-order valence-corrected chi connectivity index (χ2v) is 7.12. The summed E-state index contributed by atoms with van der Waals surface area (Å²) in [7, 11) is 0. The fourth-order valence-corrected chi connectivity index (χ4v) is 4.25. The van der Waals surface area contributed by atoms with E-state index in [2.05, 4.69) is 4.90 Å². The molecule has 0 saturated carbocycles. The topological polar surface area (TPSA) is 37.4 Å². The van der Waals surface area contributed by atoms with Crippen LogP contribution in [0, 0.1) is 0 Å². The van der Waals surface area contributed by atoms with Crippen LogP contribution in [-0.2, 0) is 0 Å². The average Bonchev–Trinajstić information content (AvgIpc) is 2.87. The van der Waals surface area contributed by atoms with Crippen LogP contribution in [0.2, 0.25) is 0 Å². The first kappa shape index (κ1) is 14.5. The molecule has 0 spiro atoms. The molecule has 0 unspecified atom stereocenters. The van der Waals surface area contributed by atoms with Crippen molar-refractivity contribution in [2.45, 2.75) is 5.92 Å². The molecule has 116 valence electrons. The maximum atomic E-state index is 12.6. The van der Waals surface area contributed by atoms with Crippen LogP contribution < -0.4 is 4.90 Å². The molecule has 4 heteroatoms. The summed E-state index contributed by atoms with van der Waals surface area (Å²) in [5.74, 6) is 1.48. The Kier molecular flexibility index (Phi) is 3.69. The summed E-state index contributed by atoms with van der Waals surface area (Å²) in [5, 5.41) is 0. The average molecular weight is 323 g/mol. The van der Waals surface area contributed by atoms with E-state index in [1.54, 1.807) is 12.1 Å². The van der Waals surface area contributed by atoms with E-state index in [1.165, 1.54) is 5.69 Å². The van der Waals surface area contributed by atoms with Crippen molar-refractivity contribution in [2.24, 2.45) is 0 Å². The van der Waals surface area contributed by atoms with E-state index in [-0.39, 0.29) is 11.6 Å². The molecule has 3 nitrogen and oxygen atoms in total. The number of hydrogen-bond acceptors (Lipinski definition) is 4. The molecule has 0 radical (unpaired) electrons. The normalized spacial score (nSPS) is 18.3. The molecule has 0 bridgehead atoms. The van der Waals surface area contributed by atoms with Gasteiger partial charge in [-0.3, -0.25) is 9.59 Å². The third-order valence-electron chi connectivity index (χ3n) is 4.59. The van der Waals surface area contributed by atoms with E-state index in [0.29, 0.717) is 11.1 Å². The standard InChI is InChI=1S/C19H17NO2S/c21-18-15-3-1-2-4-16(15)19(22)17(18)13-5-7-14(8-6-13)20-9-11-23-12-10-20/h1-8,17H,9-12H2. The first-order chi connectivity index (χ1) is 11.3. The maximum absolute atomic E-state index is 12.6. The molecule has 1 heterocycles. The number of rotatable bonds is 2. The molecule has 23 heavy (non-hydrogen) atoms. The predicted molar refractivity (Wildman–Crippen MR) is 93.8 cm³/mol. The number of Topliss-reactive ketones (excluding diaryl/α,β-unsaturated/α-hetero) is 2. The van der Waals surface area contributed by atoms with Crippen LogP contribution in [0.15, 0.2) is 48.5 Å². The van der Waals surface area contributed by atoms with Crippen molar-refractivity contribution >= 4 is 29.0 Å². The van der Waals surface area contributed by atoms with Crippen LogP contribution in [0.3, 0.4) is 0 Å². The molecule has 0 amide bonds. The number of benzene rings is 2. The second-order valence-electron chi connectivity index (χ2n) is 5.90. The number of ketones is 2. The first-order valence-electron chi connectivity index (χ1n) is 7.86. The maximum Gasteiger partial charge on any atom is 0.178 e. The van der Waals surface area contributed by atoms with Crippen LogP contribution in [-0.4, -0.2) is 36.2 Å². The number of fused-ring (bicyclic) bond motifs is 1. The number of carbonyl (C=O) groups excluding carboxylic acids is 2. The summed E-state index contributed by atoms with van der Waals surface area (Å²) in [4.78, 5) is 27.5. The minimum absolute atomic E-state index is 0.0762. The number of thioether (sulfide) groups is 1. The zero-order chi connectivity index (χ0) is 15.8. The number of nitrogens with zero attached hydrogens (tertiary/aromatic N) is 1. The Balaban J connectivity index is 1.62. The van der Waals surface area contributed by atoms with Crippen LogP contribution in [0.4, 0.5) is 5.69 Å². The van der Waals surface area contributed by atoms with E-state index < -0.39 is 5.92 Å². The lowest BCUT2D eigenvalue weighted by Crippen LogP contribution is -2.32.